The normalized spacial score (nSPS) is 15.8. The van der Waals surface area contributed by atoms with Crippen molar-refractivity contribution in [2.24, 2.45) is 0 Å². The molecule has 1 aromatic carbocycles. The second kappa shape index (κ2) is 4.09. The maximum atomic E-state index is 5.78. The van der Waals surface area contributed by atoms with Gasteiger partial charge in [0.2, 0.25) is 0 Å². The molecule has 1 fully saturated rings. The van der Waals surface area contributed by atoms with Gasteiger partial charge in [-0.1, -0.05) is 0 Å². The number of hydrogen-bond donors (Lipinski definition) is 0. The van der Waals surface area contributed by atoms with Gasteiger partial charge in [0.25, 0.3) is 0 Å². The van der Waals surface area contributed by atoms with E-state index in [9.17, 15) is 0 Å². The van der Waals surface area contributed by atoms with Crippen molar-refractivity contribution in [3.63, 3.8) is 0 Å². The van der Waals surface area contributed by atoms with Crippen molar-refractivity contribution in [1.82, 2.24) is 0 Å². The number of ether oxygens (including phenoxy) is 1. The van der Waals surface area contributed by atoms with Crippen LogP contribution in [0.2, 0.25) is 0 Å². The largest absolute Gasteiger partial charge is 0.489 e. The Kier molecular flexibility index (Phi) is 3.03. The SMILES string of the molecule is CSc1ccc(I)c(OC2CC2)c1. The highest BCUT2D eigenvalue weighted by Crippen LogP contribution is 2.32. The summed E-state index contributed by atoms with van der Waals surface area (Å²) in [4.78, 5) is 1.27. The van der Waals surface area contributed by atoms with E-state index in [1.165, 1.54) is 21.3 Å². The maximum Gasteiger partial charge on any atom is 0.134 e. The summed E-state index contributed by atoms with van der Waals surface area (Å²) in [5.41, 5.74) is 0. The number of hydrogen-bond acceptors (Lipinski definition) is 2. The highest BCUT2D eigenvalue weighted by molar-refractivity contribution is 14.1. The van der Waals surface area contributed by atoms with Crippen molar-refractivity contribution in [1.29, 1.82) is 0 Å². The van der Waals surface area contributed by atoms with Crippen molar-refractivity contribution in [2.75, 3.05) is 6.26 Å². The molecule has 1 aliphatic rings. The summed E-state index contributed by atoms with van der Waals surface area (Å²) < 4.78 is 6.99. The molecule has 13 heavy (non-hydrogen) atoms. The molecule has 0 heterocycles. The second-order valence-electron chi connectivity index (χ2n) is 3.11. The van der Waals surface area contributed by atoms with E-state index in [1.807, 2.05) is 0 Å². The van der Waals surface area contributed by atoms with Crippen LogP contribution in [-0.2, 0) is 0 Å². The van der Waals surface area contributed by atoms with Crippen LogP contribution in [-0.4, -0.2) is 12.4 Å². The Balaban J connectivity index is 2.19. The molecule has 0 bridgehead atoms. The predicted octanol–water partition coefficient (Wildman–Crippen LogP) is 3.55. The van der Waals surface area contributed by atoms with Gasteiger partial charge in [-0.2, -0.15) is 0 Å². The lowest BCUT2D eigenvalue weighted by Gasteiger charge is -2.07. The minimum absolute atomic E-state index is 0.491. The van der Waals surface area contributed by atoms with Gasteiger partial charge < -0.3 is 4.74 Å². The fourth-order valence-electron chi connectivity index (χ4n) is 1.07. The molecular formula is C10H11IOS. The summed E-state index contributed by atoms with van der Waals surface area (Å²) in [7, 11) is 0. The van der Waals surface area contributed by atoms with Gasteiger partial charge in [0.05, 0.1) is 9.67 Å². The zero-order chi connectivity index (χ0) is 9.26. The van der Waals surface area contributed by atoms with Gasteiger partial charge in [-0.05, 0) is 59.9 Å². The number of thioether (sulfide) groups is 1. The van der Waals surface area contributed by atoms with Crippen LogP contribution < -0.4 is 4.74 Å². The highest BCUT2D eigenvalue weighted by atomic mass is 127. The van der Waals surface area contributed by atoms with Crippen LogP contribution in [0.5, 0.6) is 5.75 Å². The van der Waals surface area contributed by atoms with E-state index in [0.717, 1.165) is 5.75 Å². The fraction of sp³-hybridized carbons (Fsp3) is 0.400. The van der Waals surface area contributed by atoms with Crippen LogP contribution >= 0.6 is 34.4 Å². The van der Waals surface area contributed by atoms with E-state index < -0.39 is 0 Å². The number of rotatable bonds is 3. The van der Waals surface area contributed by atoms with Crippen LogP contribution in [0, 0.1) is 3.57 Å². The molecule has 0 spiro atoms. The van der Waals surface area contributed by atoms with Crippen LogP contribution in [0.1, 0.15) is 12.8 Å². The predicted molar refractivity (Wildman–Crippen MR) is 64.6 cm³/mol. The molecule has 0 radical (unpaired) electrons. The molecule has 70 valence electrons. The van der Waals surface area contributed by atoms with E-state index in [-0.39, 0.29) is 0 Å². The first-order chi connectivity index (χ1) is 6.29. The molecule has 1 aromatic rings. The molecule has 0 amide bonds. The van der Waals surface area contributed by atoms with Crippen LogP contribution in [0.15, 0.2) is 23.1 Å². The molecule has 1 saturated carbocycles. The minimum Gasteiger partial charge on any atom is -0.489 e. The first-order valence-electron chi connectivity index (χ1n) is 4.30. The Labute approximate surface area is 96.4 Å². The minimum atomic E-state index is 0.491. The van der Waals surface area contributed by atoms with E-state index in [4.69, 9.17) is 4.74 Å². The third kappa shape index (κ3) is 2.53. The summed E-state index contributed by atoms with van der Waals surface area (Å²) in [5.74, 6) is 1.05. The Bertz CT molecular complexity index is 310. The average molecular weight is 306 g/mol. The van der Waals surface area contributed by atoms with Gasteiger partial charge >= 0.3 is 0 Å². The van der Waals surface area contributed by atoms with Crippen LogP contribution in [0.3, 0.4) is 0 Å². The Morgan fingerprint density at radius 2 is 2.23 bits per heavy atom. The van der Waals surface area contributed by atoms with E-state index in [0.29, 0.717) is 6.10 Å². The summed E-state index contributed by atoms with van der Waals surface area (Å²) in [6, 6.07) is 6.38. The lowest BCUT2D eigenvalue weighted by atomic mass is 10.3. The summed E-state index contributed by atoms with van der Waals surface area (Å²) in [5, 5.41) is 0. The lowest BCUT2D eigenvalue weighted by molar-refractivity contribution is 0.300. The van der Waals surface area contributed by atoms with Gasteiger partial charge in [-0.25, -0.2) is 0 Å². The monoisotopic (exact) mass is 306 g/mol. The fourth-order valence-corrected chi connectivity index (χ4v) is 1.96. The molecular weight excluding hydrogens is 295 g/mol. The van der Waals surface area contributed by atoms with Crippen molar-refractivity contribution < 1.29 is 4.74 Å². The van der Waals surface area contributed by atoms with Gasteiger partial charge in [0.15, 0.2) is 0 Å². The van der Waals surface area contributed by atoms with Gasteiger partial charge in [-0.15, -0.1) is 11.8 Å². The summed E-state index contributed by atoms with van der Waals surface area (Å²) in [6.07, 6.45) is 5.02. The Morgan fingerprint density at radius 3 is 2.85 bits per heavy atom. The van der Waals surface area contributed by atoms with Crippen molar-refractivity contribution in [2.45, 2.75) is 23.8 Å². The molecule has 0 unspecified atom stereocenters. The third-order valence-corrected chi connectivity index (χ3v) is 3.57. The Hall–Kier alpha value is 0.1000. The second-order valence-corrected chi connectivity index (χ2v) is 5.16. The first-order valence-corrected chi connectivity index (χ1v) is 6.60. The van der Waals surface area contributed by atoms with Gasteiger partial charge in [-0.3, -0.25) is 0 Å². The quantitative estimate of drug-likeness (QED) is 0.624. The van der Waals surface area contributed by atoms with Gasteiger partial charge in [0, 0.05) is 4.90 Å². The molecule has 2 rings (SSSR count). The van der Waals surface area contributed by atoms with E-state index >= 15 is 0 Å². The highest BCUT2D eigenvalue weighted by Gasteiger charge is 2.24. The zero-order valence-electron chi connectivity index (χ0n) is 7.42. The molecule has 0 atom stereocenters. The molecule has 0 N–H and O–H groups in total. The van der Waals surface area contributed by atoms with E-state index in [2.05, 4.69) is 47.0 Å². The summed E-state index contributed by atoms with van der Waals surface area (Å²) >= 11 is 4.08. The van der Waals surface area contributed by atoms with Crippen molar-refractivity contribution in [3.8, 4) is 5.75 Å². The first kappa shape index (κ1) is 9.65. The molecule has 1 nitrogen and oxygen atoms in total. The van der Waals surface area contributed by atoms with E-state index in [1.54, 1.807) is 11.8 Å². The number of halogens is 1. The molecule has 0 aromatic heterocycles. The van der Waals surface area contributed by atoms with Crippen molar-refractivity contribution >= 4 is 34.4 Å². The molecule has 0 aliphatic heterocycles. The maximum absolute atomic E-state index is 5.78. The zero-order valence-corrected chi connectivity index (χ0v) is 10.4. The average Bonchev–Trinajstić information content (AvgIpc) is 2.93. The molecule has 0 saturated heterocycles. The molecule has 3 heteroatoms. The van der Waals surface area contributed by atoms with Crippen LogP contribution in [0.4, 0.5) is 0 Å². The van der Waals surface area contributed by atoms with Gasteiger partial charge in [0.1, 0.15) is 5.75 Å². The Morgan fingerprint density at radius 1 is 1.46 bits per heavy atom. The topological polar surface area (TPSA) is 9.23 Å². The molecule has 1 aliphatic carbocycles. The number of benzene rings is 1. The summed E-state index contributed by atoms with van der Waals surface area (Å²) in [6.45, 7) is 0. The standard InChI is InChI=1S/C10H11IOS/c1-13-8-4-5-9(11)10(6-8)12-7-2-3-7/h4-7H,2-3H2,1H3. The smallest absolute Gasteiger partial charge is 0.134 e. The van der Waals surface area contributed by atoms with Crippen molar-refractivity contribution in [3.05, 3.63) is 21.8 Å². The third-order valence-electron chi connectivity index (χ3n) is 1.96. The lowest BCUT2D eigenvalue weighted by Crippen LogP contribution is -1.97. The van der Waals surface area contributed by atoms with Crippen LogP contribution in [0.25, 0.3) is 0 Å².